The summed E-state index contributed by atoms with van der Waals surface area (Å²) in [4.78, 5) is 11.1. The van der Waals surface area contributed by atoms with Crippen molar-refractivity contribution in [2.45, 2.75) is 38.8 Å². The van der Waals surface area contributed by atoms with E-state index in [9.17, 15) is 9.90 Å². The standard InChI is InChI=1S/C10H15NO2/c1-4-5-9(13)11-7-6-8(12)10(7,2)3/h1,7-8,12H,5-6H2,2-3H3,(H,11,13). The van der Waals surface area contributed by atoms with E-state index < -0.39 is 0 Å². The summed E-state index contributed by atoms with van der Waals surface area (Å²) in [6, 6.07) is 0.0587. The molecule has 72 valence electrons. The first-order valence-corrected chi connectivity index (χ1v) is 4.39. The number of rotatable bonds is 2. The number of aliphatic hydroxyl groups excluding tert-OH is 1. The van der Waals surface area contributed by atoms with Gasteiger partial charge in [-0.3, -0.25) is 4.79 Å². The van der Waals surface area contributed by atoms with Crippen molar-refractivity contribution in [3.05, 3.63) is 0 Å². The van der Waals surface area contributed by atoms with Crippen LogP contribution >= 0.6 is 0 Å². The van der Waals surface area contributed by atoms with Crippen LogP contribution in [0.4, 0.5) is 0 Å². The number of amides is 1. The number of carbonyl (C=O) groups excluding carboxylic acids is 1. The molecule has 1 rings (SSSR count). The van der Waals surface area contributed by atoms with E-state index in [1.54, 1.807) is 0 Å². The van der Waals surface area contributed by atoms with Crippen LogP contribution in [0.3, 0.4) is 0 Å². The minimum Gasteiger partial charge on any atom is -0.392 e. The van der Waals surface area contributed by atoms with Gasteiger partial charge in [-0.05, 0) is 6.42 Å². The molecule has 3 nitrogen and oxygen atoms in total. The van der Waals surface area contributed by atoms with Gasteiger partial charge in [0, 0.05) is 11.5 Å². The van der Waals surface area contributed by atoms with Gasteiger partial charge in [0.15, 0.2) is 0 Å². The average Bonchev–Trinajstić information content (AvgIpc) is 2.04. The molecule has 0 aromatic heterocycles. The van der Waals surface area contributed by atoms with Gasteiger partial charge in [-0.1, -0.05) is 19.8 Å². The largest absolute Gasteiger partial charge is 0.392 e. The van der Waals surface area contributed by atoms with Gasteiger partial charge in [0.1, 0.15) is 0 Å². The van der Waals surface area contributed by atoms with Gasteiger partial charge in [0.05, 0.1) is 12.5 Å². The molecule has 1 amide bonds. The molecule has 0 aromatic rings. The van der Waals surface area contributed by atoms with Crippen LogP contribution in [0.5, 0.6) is 0 Å². The van der Waals surface area contributed by atoms with Crippen molar-refractivity contribution in [1.82, 2.24) is 5.32 Å². The van der Waals surface area contributed by atoms with Gasteiger partial charge in [-0.15, -0.1) is 6.42 Å². The third-order valence-electron chi connectivity index (χ3n) is 2.81. The second-order valence-electron chi connectivity index (χ2n) is 4.07. The van der Waals surface area contributed by atoms with Crippen LogP contribution in [-0.2, 0) is 4.79 Å². The summed E-state index contributed by atoms with van der Waals surface area (Å²) >= 11 is 0. The summed E-state index contributed by atoms with van der Waals surface area (Å²) in [7, 11) is 0. The summed E-state index contributed by atoms with van der Waals surface area (Å²) in [5.41, 5.74) is -0.218. The van der Waals surface area contributed by atoms with Crippen molar-refractivity contribution in [3.8, 4) is 12.3 Å². The van der Waals surface area contributed by atoms with E-state index in [4.69, 9.17) is 6.42 Å². The van der Waals surface area contributed by atoms with Crippen molar-refractivity contribution >= 4 is 5.91 Å². The van der Waals surface area contributed by atoms with Gasteiger partial charge in [0.2, 0.25) is 5.91 Å². The molecule has 0 saturated heterocycles. The lowest BCUT2D eigenvalue weighted by Gasteiger charge is -2.49. The van der Waals surface area contributed by atoms with Crippen molar-refractivity contribution in [3.63, 3.8) is 0 Å². The minimum atomic E-state index is -0.316. The molecule has 2 N–H and O–H groups in total. The highest BCUT2D eigenvalue weighted by Gasteiger charge is 2.47. The predicted molar refractivity (Wildman–Crippen MR) is 49.8 cm³/mol. The fraction of sp³-hybridized carbons (Fsp3) is 0.700. The Labute approximate surface area is 78.5 Å². The van der Waals surface area contributed by atoms with Crippen LogP contribution in [0.1, 0.15) is 26.7 Å². The Hall–Kier alpha value is -1.01. The van der Waals surface area contributed by atoms with E-state index in [0.717, 1.165) is 0 Å². The number of aliphatic hydroxyl groups is 1. The third kappa shape index (κ3) is 1.84. The SMILES string of the molecule is C#CCC(=O)NC1CC(O)C1(C)C. The Morgan fingerprint density at radius 2 is 2.38 bits per heavy atom. The zero-order valence-electron chi connectivity index (χ0n) is 8.00. The second kappa shape index (κ2) is 3.39. The van der Waals surface area contributed by atoms with E-state index in [0.29, 0.717) is 6.42 Å². The third-order valence-corrected chi connectivity index (χ3v) is 2.81. The molecule has 1 aliphatic rings. The molecule has 0 aromatic carbocycles. The predicted octanol–water partition coefficient (Wildman–Crippen LogP) is 0.285. The normalized spacial score (nSPS) is 30.0. The van der Waals surface area contributed by atoms with Crippen LogP contribution < -0.4 is 5.32 Å². The fourth-order valence-corrected chi connectivity index (χ4v) is 1.49. The van der Waals surface area contributed by atoms with Crippen molar-refractivity contribution in [2.75, 3.05) is 0 Å². The highest BCUT2D eigenvalue weighted by Crippen LogP contribution is 2.40. The number of terminal acetylenes is 1. The summed E-state index contributed by atoms with van der Waals surface area (Å²) < 4.78 is 0. The second-order valence-corrected chi connectivity index (χ2v) is 4.07. The zero-order chi connectivity index (χ0) is 10.1. The number of nitrogens with one attached hydrogen (secondary N) is 1. The van der Waals surface area contributed by atoms with Crippen molar-refractivity contribution in [2.24, 2.45) is 5.41 Å². The molecule has 0 spiro atoms. The minimum absolute atomic E-state index is 0.0587. The quantitative estimate of drug-likeness (QED) is 0.601. The molecule has 1 saturated carbocycles. The topological polar surface area (TPSA) is 49.3 Å². The lowest BCUT2D eigenvalue weighted by atomic mass is 9.64. The molecule has 3 heteroatoms. The maximum absolute atomic E-state index is 11.1. The summed E-state index contributed by atoms with van der Waals surface area (Å²) in [5.74, 6) is 2.15. The van der Waals surface area contributed by atoms with Gasteiger partial charge in [0.25, 0.3) is 0 Å². The maximum atomic E-state index is 11.1. The summed E-state index contributed by atoms with van der Waals surface area (Å²) in [6.07, 6.45) is 5.43. The zero-order valence-corrected chi connectivity index (χ0v) is 8.00. The van der Waals surface area contributed by atoms with E-state index >= 15 is 0 Å². The van der Waals surface area contributed by atoms with Crippen LogP contribution in [0.25, 0.3) is 0 Å². The first-order valence-electron chi connectivity index (χ1n) is 4.39. The molecule has 2 unspecified atom stereocenters. The van der Waals surface area contributed by atoms with Gasteiger partial charge in [-0.25, -0.2) is 0 Å². The van der Waals surface area contributed by atoms with Gasteiger partial charge < -0.3 is 10.4 Å². The molecular weight excluding hydrogens is 166 g/mol. The Morgan fingerprint density at radius 3 is 2.77 bits per heavy atom. The van der Waals surface area contributed by atoms with Gasteiger partial charge in [-0.2, -0.15) is 0 Å². The molecular formula is C10H15NO2. The molecule has 2 atom stereocenters. The molecule has 0 bridgehead atoms. The number of carbonyl (C=O) groups is 1. The lowest BCUT2D eigenvalue weighted by molar-refractivity contribution is -0.128. The smallest absolute Gasteiger partial charge is 0.232 e. The Balaban J connectivity index is 2.41. The Bertz CT molecular complexity index is 252. The molecule has 0 aliphatic heterocycles. The van der Waals surface area contributed by atoms with E-state index in [2.05, 4.69) is 11.2 Å². The molecule has 1 aliphatic carbocycles. The van der Waals surface area contributed by atoms with Crippen LogP contribution in [0, 0.1) is 17.8 Å². The molecule has 1 fully saturated rings. The Kier molecular flexibility index (Phi) is 2.63. The average molecular weight is 181 g/mol. The first kappa shape index (κ1) is 10.1. The molecule has 0 radical (unpaired) electrons. The highest BCUT2D eigenvalue weighted by molar-refractivity contribution is 5.78. The summed E-state index contributed by atoms with van der Waals surface area (Å²) in [6.45, 7) is 3.87. The van der Waals surface area contributed by atoms with Crippen molar-refractivity contribution in [1.29, 1.82) is 0 Å². The fourth-order valence-electron chi connectivity index (χ4n) is 1.49. The van der Waals surface area contributed by atoms with E-state index in [1.165, 1.54) is 0 Å². The van der Waals surface area contributed by atoms with E-state index in [-0.39, 0.29) is 29.9 Å². The molecule has 13 heavy (non-hydrogen) atoms. The Morgan fingerprint density at radius 1 is 1.77 bits per heavy atom. The lowest BCUT2D eigenvalue weighted by Crippen LogP contribution is -2.61. The highest BCUT2D eigenvalue weighted by atomic mass is 16.3. The van der Waals surface area contributed by atoms with Crippen LogP contribution in [0.2, 0.25) is 0 Å². The molecule has 0 heterocycles. The monoisotopic (exact) mass is 181 g/mol. The number of hydrogen-bond acceptors (Lipinski definition) is 2. The van der Waals surface area contributed by atoms with Crippen LogP contribution in [-0.4, -0.2) is 23.2 Å². The number of hydrogen-bond donors (Lipinski definition) is 2. The summed E-state index contributed by atoms with van der Waals surface area (Å²) in [5, 5.41) is 12.2. The van der Waals surface area contributed by atoms with Crippen molar-refractivity contribution < 1.29 is 9.90 Å². The van der Waals surface area contributed by atoms with E-state index in [1.807, 2.05) is 13.8 Å². The van der Waals surface area contributed by atoms with Crippen LogP contribution in [0.15, 0.2) is 0 Å². The first-order chi connectivity index (χ1) is 5.98. The maximum Gasteiger partial charge on any atom is 0.232 e. The van der Waals surface area contributed by atoms with Gasteiger partial charge >= 0.3 is 0 Å².